The maximum absolute atomic E-state index is 10.6. The van der Waals surface area contributed by atoms with E-state index >= 15 is 0 Å². The van der Waals surface area contributed by atoms with Crippen LogP contribution in [-0.4, -0.2) is 20.9 Å². The first-order valence-corrected chi connectivity index (χ1v) is 8.43. The van der Waals surface area contributed by atoms with Crippen molar-refractivity contribution in [2.24, 2.45) is 7.05 Å². The summed E-state index contributed by atoms with van der Waals surface area (Å²) in [6.45, 7) is 2.09. The Morgan fingerprint density at radius 1 is 1.38 bits per heavy atom. The number of halogens is 1. The fraction of sp³-hybridized carbons (Fsp3) is 0.333. The fourth-order valence-electron chi connectivity index (χ4n) is 2.01. The Bertz CT molecular complexity index is 638. The number of aromatic nitrogens is 2. The number of hydrogen-bond donors (Lipinski definition) is 1. The first kappa shape index (κ1) is 16.1. The predicted molar refractivity (Wildman–Crippen MR) is 87.6 cm³/mol. The van der Waals surface area contributed by atoms with Crippen molar-refractivity contribution in [3.63, 3.8) is 0 Å². The molecule has 0 radical (unpaired) electrons. The minimum atomic E-state index is -0.804. The van der Waals surface area contributed by atoms with Crippen LogP contribution in [0.1, 0.15) is 23.9 Å². The van der Waals surface area contributed by atoms with E-state index in [-0.39, 0.29) is 6.42 Å². The number of aliphatic carboxylic acids is 1. The summed E-state index contributed by atoms with van der Waals surface area (Å²) in [6.07, 6.45) is 0.973. The zero-order valence-corrected chi connectivity index (χ0v) is 14.4. The number of thioether (sulfide) groups is 1. The number of aryl methyl sites for hydroxylation is 2. The van der Waals surface area contributed by atoms with Crippen molar-refractivity contribution in [3.05, 3.63) is 45.7 Å². The lowest BCUT2D eigenvalue weighted by atomic mass is 10.2. The van der Waals surface area contributed by atoms with E-state index in [9.17, 15) is 4.79 Å². The van der Waals surface area contributed by atoms with Crippen LogP contribution in [0.2, 0.25) is 0 Å². The Kier molecular flexibility index (Phi) is 5.47. The summed E-state index contributed by atoms with van der Waals surface area (Å²) in [5.74, 6) is 0.0174. The quantitative estimate of drug-likeness (QED) is 0.790. The van der Waals surface area contributed by atoms with Crippen molar-refractivity contribution >= 4 is 33.7 Å². The second-order valence-corrected chi connectivity index (χ2v) is 6.53. The Morgan fingerprint density at radius 2 is 2.05 bits per heavy atom. The summed E-state index contributed by atoms with van der Waals surface area (Å²) in [4.78, 5) is 11.8. The summed E-state index contributed by atoms with van der Waals surface area (Å²) < 4.78 is 3.00. The third kappa shape index (κ3) is 4.11. The van der Waals surface area contributed by atoms with Crippen LogP contribution >= 0.6 is 27.7 Å². The van der Waals surface area contributed by atoms with Crippen LogP contribution < -0.4 is 0 Å². The number of nitrogens with zero attached hydrogens (tertiary/aromatic N) is 2. The average Bonchev–Trinajstić information content (AvgIpc) is 2.72. The van der Waals surface area contributed by atoms with Gasteiger partial charge in [-0.15, -0.1) is 11.8 Å². The topological polar surface area (TPSA) is 55.1 Å². The van der Waals surface area contributed by atoms with Gasteiger partial charge in [-0.25, -0.2) is 0 Å². The second kappa shape index (κ2) is 7.13. The molecule has 4 nitrogen and oxygen atoms in total. The lowest BCUT2D eigenvalue weighted by molar-refractivity contribution is -0.136. The molecule has 0 aliphatic heterocycles. The van der Waals surface area contributed by atoms with Crippen molar-refractivity contribution in [2.45, 2.75) is 30.4 Å². The molecule has 112 valence electrons. The number of rotatable bonds is 6. The van der Waals surface area contributed by atoms with Crippen molar-refractivity contribution < 1.29 is 9.90 Å². The lowest BCUT2D eigenvalue weighted by Gasteiger charge is -2.04. The molecule has 0 saturated heterocycles. The van der Waals surface area contributed by atoms with Crippen LogP contribution in [0.15, 0.2) is 33.6 Å². The predicted octanol–water partition coefficient (Wildman–Crippen LogP) is 3.66. The van der Waals surface area contributed by atoms with Gasteiger partial charge in [-0.05, 0) is 40.0 Å². The number of carboxylic acid groups (broad SMARTS) is 1. The van der Waals surface area contributed by atoms with E-state index in [4.69, 9.17) is 5.11 Å². The molecular weight excluding hydrogens is 352 g/mol. The van der Waals surface area contributed by atoms with E-state index in [2.05, 4.69) is 28.0 Å². The van der Waals surface area contributed by atoms with Crippen LogP contribution in [0.5, 0.6) is 0 Å². The van der Waals surface area contributed by atoms with Gasteiger partial charge in [0, 0.05) is 17.7 Å². The maximum atomic E-state index is 10.6. The van der Waals surface area contributed by atoms with Gasteiger partial charge in [0.1, 0.15) is 0 Å². The normalized spacial score (nSPS) is 10.8. The molecule has 1 aromatic heterocycles. The van der Waals surface area contributed by atoms with Gasteiger partial charge >= 0.3 is 5.97 Å². The van der Waals surface area contributed by atoms with E-state index in [0.29, 0.717) is 0 Å². The van der Waals surface area contributed by atoms with E-state index in [0.717, 1.165) is 38.5 Å². The SMILES string of the molecule is CCc1nn(C)c(CSc2ccc(CC(=O)O)cc2)c1Br. The minimum absolute atomic E-state index is 0.0675. The number of carboxylic acids is 1. The fourth-order valence-corrected chi connectivity index (χ4v) is 3.91. The molecule has 6 heteroatoms. The Balaban J connectivity index is 2.03. The first-order valence-electron chi connectivity index (χ1n) is 6.65. The van der Waals surface area contributed by atoms with Gasteiger partial charge < -0.3 is 5.11 Å². The molecule has 1 heterocycles. The van der Waals surface area contributed by atoms with Gasteiger partial charge in [-0.1, -0.05) is 19.1 Å². The standard InChI is InChI=1S/C15H17BrN2O2S/c1-3-12-15(16)13(18(2)17-12)9-21-11-6-4-10(5-7-11)8-14(19)20/h4-7H,3,8-9H2,1-2H3,(H,19,20). The summed E-state index contributed by atoms with van der Waals surface area (Å²) in [5.41, 5.74) is 3.05. The van der Waals surface area contributed by atoms with Crippen LogP contribution in [0.25, 0.3) is 0 Å². The molecule has 0 aliphatic rings. The molecule has 0 unspecified atom stereocenters. The highest BCUT2D eigenvalue weighted by Crippen LogP contribution is 2.29. The number of hydrogen-bond acceptors (Lipinski definition) is 3. The highest BCUT2D eigenvalue weighted by molar-refractivity contribution is 9.10. The zero-order valence-electron chi connectivity index (χ0n) is 12.0. The Morgan fingerprint density at radius 3 is 2.57 bits per heavy atom. The molecule has 1 N–H and O–H groups in total. The third-order valence-electron chi connectivity index (χ3n) is 3.16. The van der Waals surface area contributed by atoms with Crippen molar-refractivity contribution in [1.82, 2.24) is 9.78 Å². The van der Waals surface area contributed by atoms with E-state index in [1.807, 2.05) is 36.0 Å². The molecule has 0 amide bonds. The molecule has 21 heavy (non-hydrogen) atoms. The Hall–Kier alpha value is -1.27. The largest absolute Gasteiger partial charge is 0.481 e. The molecule has 0 spiro atoms. The summed E-state index contributed by atoms with van der Waals surface area (Å²) in [7, 11) is 1.95. The number of carbonyl (C=O) groups is 1. The van der Waals surface area contributed by atoms with Gasteiger partial charge in [0.25, 0.3) is 0 Å². The second-order valence-electron chi connectivity index (χ2n) is 4.69. The summed E-state index contributed by atoms with van der Waals surface area (Å²) in [5, 5.41) is 13.2. The van der Waals surface area contributed by atoms with Gasteiger partial charge in [-0.3, -0.25) is 9.48 Å². The number of benzene rings is 1. The molecule has 1 aromatic carbocycles. The van der Waals surface area contributed by atoms with Crippen molar-refractivity contribution in [3.8, 4) is 0 Å². The molecular formula is C15H17BrN2O2S. The van der Waals surface area contributed by atoms with Crippen LogP contribution in [-0.2, 0) is 30.4 Å². The summed E-state index contributed by atoms with van der Waals surface area (Å²) in [6, 6.07) is 7.67. The maximum Gasteiger partial charge on any atom is 0.307 e. The van der Waals surface area contributed by atoms with E-state index in [1.54, 1.807) is 11.8 Å². The smallest absolute Gasteiger partial charge is 0.307 e. The zero-order chi connectivity index (χ0) is 15.4. The molecule has 0 saturated carbocycles. The van der Waals surface area contributed by atoms with Gasteiger partial charge in [-0.2, -0.15) is 5.10 Å². The first-order chi connectivity index (χ1) is 10.0. The molecule has 2 rings (SSSR count). The molecule has 2 aromatic rings. The lowest BCUT2D eigenvalue weighted by Crippen LogP contribution is -1.99. The van der Waals surface area contributed by atoms with Crippen molar-refractivity contribution in [2.75, 3.05) is 0 Å². The highest BCUT2D eigenvalue weighted by atomic mass is 79.9. The Labute approximate surface area is 136 Å². The average molecular weight is 369 g/mol. The van der Waals surface area contributed by atoms with E-state index < -0.39 is 5.97 Å². The van der Waals surface area contributed by atoms with Crippen LogP contribution in [0, 0.1) is 0 Å². The van der Waals surface area contributed by atoms with Gasteiger partial charge in [0.15, 0.2) is 0 Å². The van der Waals surface area contributed by atoms with E-state index in [1.165, 1.54) is 0 Å². The molecule has 0 atom stereocenters. The summed E-state index contributed by atoms with van der Waals surface area (Å²) >= 11 is 5.33. The van der Waals surface area contributed by atoms with Gasteiger partial charge in [0.05, 0.1) is 22.3 Å². The van der Waals surface area contributed by atoms with Gasteiger partial charge in [0.2, 0.25) is 0 Å². The molecule has 0 bridgehead atoms. The van der Waals surface area contributed by atoms with Crippen LogP contribution in [0.3, 0.4) is 0 Å². The molecule has 0 aliphatic carbocycles. The monoisotopic (exact) mass is 368 g/mol. The highest BCUT2D eigenvalue weighted by Gasteiger charge is 2.12. The van der Waals surface area contributed by atoms with Crippen molar-refractivity contribution in [1.29, 1.82) is 0 Å². The minimum Gasteiger partial charge on any atom is -0.481 e. The molecule has 0 fully saturated rings. The third-order valence-corrected chi connectivity index (χ3v) is 5.10. The van der Waals surface area contributed by atoms with Crippen LogP contribution in [0.4, 0.5) is 0 Å².